The zero-order chi connectivity index (χ0) is 23.0. The molecule has 1 N–H and O–H groups in total. The van der Waals surface area contributed by atoms with E-state index >= 15 is 0 Å². The maximum atomic E-state index is 14.6. The van der Waals surface area contributed by atoms with Gasteiger partial charge < -0.3 is 5.11 Å². The predicted molar refractivity (Wildman–Crippen MR) is 130 cm³/mol. The number of benzene rings is 1. The van der Waals surface area contributed by atoms with E-state index in [9.17, 15) is 14.3 Å². The Balaban J connectivity index is 1.91. The molecule has 1 saturated carbocycles. The number of carboxylic acid groups (broad SMARTS) is 1. The second-order valence-corrected chi connectivity index (χ2v) is 9.76. The van der Waals surface area contributed by atoms with Crippen molar-refractivity contribution in [3.05, 3.63) is 72.1 Å². The maximum Gasteiger partial charge on any atom is 0.321 e. The molecule has 3 rings (SSSR count). The molecule has 174 valence electrons. The number of halogens is 1. The van der Waals surface area contributed by atoms with Gasteiger partial charge in [-0.05, 0) is 49.2 Å². The van der Waals surface area contributed by atoms with Gasteiger partial charge in [-0.3, -0.25) is 4.79 Å². The van der Waals surface area contributed by atoms with Gasteiger partial charge in [0.05, 0.1) is 5.83 Å². The Kier molecular flexibility index (Phi) is 8.51. The minimum Gasteiger partial charge on any atom is -0.480 e. The van der Waals surface area contributed by atoms with Gasteiger partial charge in [0.1, 0.15) is 5.41 Å². The van der Waals surface area contributed by atoms with Crippen molar-refractivity contribution in [1.82, 2.24) is 0 Å². The van der Waals surface area contributed by atoms with Crippen molar-refractivity contribution < 1.29 is 14.3 Å². The van der Waals surface area contributed by atoms with Gasteiger partial charge >= 0.3 is 5.97 Å². The van der Waals surface area contributed by atoms with Crippen molar-refractivity contribution in [2.24, 2.45) is 17.3 Å². The Bertz CT molecular complexity index is 814. The van der Waals surface area contributed by atoms with E-state index in [0.717, 1.165) is 38.0 Å². The molecule has 3 heteroatoms. The molecule has 0 amide bonds. The Morgan fingerprint density at radius 3 is 2.22 bits per heavy atom. The summed E-state index contributed by atoms with van der Waals surface area (Å²) in [6.07, 6.45) is 19.2. The van der Waals surface area contributed by atoms with Crippen LogP contribution in [0.3, 0.4) is 0 Å². The van der Waals surface area contributed by atoms with E-state index in [0.29, 0.717) is 12.3 Å². The highest BCUT2D eigenvalue weighted by Crippen LogP contribution is 2.49. The zero-order valence-corrected chi connectivity index (χ0v) is 19.7. The summed E-state index contributed by atoms with van der Waals surface area (Å²) < 4.78 is 14.6. The van der Waals surface area contributed by atoms with Crippen LogP contribution in [0.15, 0.2) is 66.5 Å². The predicted octanol–water partition coefficient (Wildman–Crippen LogP) is 8.16. The Hall–Kier alpha value is -2.16. The first-order chi connectivity index (χ1) is 15.5. The first-order valence-corrected chi connectivity index (χ1v) is 12.5. The second-order valence-electron chi connectivity index (χ2n) is 9.76. The number of allylic oxidation sites excluding steroid dienone is 3. The van der Waals surface area contributed by atoms with Crippen molar-refractivity contribution in [1.29, 1.82) is 0 Å². The summed E-state index contributed by atoms with van der Waals surface area (Å²) in [5.41, 5.74) is -0.546. The molecule has 2 nitrogen and oxygen atoms in total. The van der Waals surface area contributed by atoms with Crippen molar-refractivity contribution in [2.75, 3.05) is 0 Å². The summed E-state index contributed by atoms with van der Waals surface area (Å²) in [5.74, 6) is -0.124. The number of unbranched alkanes of at least 4 members (excludes halogenated alkanes) is 2. The molecule has 0 heterocycles. The Morgan fingerprint density at radius 2 is 1.66 bits per heavy atom. The summed E-state index contributed by atoms with van der Waals surface area (Å²) >= 11 is 0. The third kappa shape index (κ3) is 5.42. The van der Waals surface area contributed by atoms with E-state index in [1.54, 1.807) is 12.2 Å². The molecule has 0 saturated heterocycles. The van der Waals surface area contributed by atoms with Crippen LogP contribution in [0.2, 0.25) is 0 Å². The van der Waals surface area contributed by atoms with E-state index in [2.05, 4.69) is 38.1 Å². The van der Waals surface area contributed by atoms with Gasteiger partial charge in [0.2, 0.25) is 0 Å². The first kappa shape index (κ1) is 24.5. The van der Waals surface area contributed by atoms with Gasteiger partial charge in [0, 0.05) is 5.41 Å². The molecule has 0 atom stereocenters. The van der Waals surface area contributed by atoms with Crippen LogP contribution in [0.4, 0.5) is 4.39 Å². The maximum absolute atomic E-state index is 14.6. The number of aliphatic carboxylic acids is 1. The molecule has 0 bridgehead atoms. The molecule has 0 aliphatic heterocycles. The van der Waals surface area contributed by atoms with Gasteiger partial charge in [-0.15, -0.1) is 0 Å². The summed E-state index contributed by atoms with van der Waals surface area (Å²) in [4.78, 5) is 12.3. The summed E-state index contributed by atoms with van der Waals surface area (Å²) in [6, 6.07) is 10.4. The minimum absolute atomic E-state index is 0.301. The van der Waals surface area contributed by atoms with Crippen LogP contribution >= 0.6 is 0 Å². The van der Waals surface area contributed by atoms with Gasteiger partial charge in [0.15, 0.2) is 0 Å². The van der Waals surface area contributed by atoms with E-state index in [1.165, 1.54) is 37.3 Å². The Labute approximate surface area is 193 Å². The lowest BCUT2D eigenvalue weighted by Gasteiger charge is -2.43. The fourth-order valence-corrected chi connectivity index (χ4v) is 5.60. The van der Waals surface area contributed by atoms with Crippen molar-refractivity contribution in [3.8, 4) is 0 Å². The fourth-order valence-electron chi connectivity index (χ4n) is 5.60. The van der Waals surface area contributed by atoms with E-state index in [-0.39, 0.29) is 11.2 Å². The number of rotatable bonds is 10. The van der Waals surface area contributed by atoms with Crippen LogP contribution in [0.1, 0.15) is 83.6 Å². The van der Waals surface area contributed by atoms with Crippen molar-refractivity contribution in [3.63, 3.8) is 0 Å². The van der Waals surface area contributed by atoms with Crippen LogP contribution in [-0.2, 0) is 10.2 Å². The average Bonchev–Trinajstić information content (AvgIpc) is 2.81. The van der Waals surface area contributed by atoms with Gasteiger partial charge in [-0.1, -0.05) is 107 Å². The quantitative estimate of drug-likeness (QED) is 0.295. The molecule has 2 aliphatic rings. The van der Waals surface area contributed by atoms with Crippen LogP contribution in [0, 0.1) is 17.3 Å². The van der Waals surface area contributed by atoms with Crippen molar-refractivity contribution in [2.45, 2.75) is 83.5 Å². The number of hydrogen-bond donors (Lipinski definition) is 1. The first-order valence-electron chi connectivity index (χ1n) is 12.5. The van der Waals surface area contributed by atoms with Crippen LogP contribution in [0.25, 0.3) is 0 Å². The largest absolute Gasteiger partial charge is 0.480 e. The van der Waals surface area contributed by atoms with Crippen LogP contribution < -0.4 is 0 Å². The SMILES string of the molecule is CCCCC/C(F)=C\C1(C(=O)O)C=CC(c2ccccc2)(C2CCC(CCC)CC2)C=C1. The highest BCUT2D eigenvalue weighted by atomic mass is 19.1. The highest BCUT2D eigenvalue weighted by molar-refractivity contribution is 5.83. The lowest BCUT2D eigenvalue weighted by atomic mass is 9.60. The fraction of sp³-hybridized carbons (Fsp3) is 0.552. The molecule has 1 aromatic rings. The number of carboxylic acids is 1. The summed E-state index contributed by atoms with van der Waals surface area (Å²) in [5, 5.41) is 10.0. The minimum atomic E-state index is -1.41. The standard InChI is InChI=1S/C29H39FO2/c1-3-5-7-13-26(30)22-28(27(31)32)18-20-29(21-19-28,24-11-8-6-9-12-24)25-16-14-23(10-4-2)15-17-25/h6,8-9,11-12,18-23,25H,3-5,7,10,13-17H2,1-2H3,(H,31,32)/b26-22+. The third-order valence-corrected chi connectivity index (χ3v) is 7.55. The molecular formula is C29H39FO2. The molecule has 1 fully saturated rings. The number of hydrogen-bond acceptors (Lipinski definition) is 1. The van der Waals surface area contributed by atoms with Gasteiger partial charge in [0.25, 0.3) is 0 Å². The molecule has 32 heavy (non-hydrogen) atoms. The topological polar surface area (TPSA) is 37.3 Å². The molecule has 0 spiro atoms. The van der Waals surface area contributed by atoms with E-state index in [4.69, 9.17) is 0 Å². The second kappa shape index (κ2) is 11.1. The van der Waals surface area contributed by atoms with Gasteiger partial charge in [-0.25, -0.2) is 4.39 Å². The van der Waals surface area contributed by atoms with Crippen LogP contribution in [-0.4, -0.2) is 11.1 Å². The Morgan fingerprint density at radius 1 is 1.00 bits per heavy atom. The van der Waals surface area contributed by atoms with Crippen molar-refractivity contribution >= 4 is 5.97 Å². The zero-order valence-electron chi connectivity index (χ0n) is 19.7. The van der Waals surface area contributed by atoms with E-state index in [1.807, 2.05) is 18.2 Å². The molecular weight excluding hydrogens is 399 g/mol. The third-order valence-electron chi connectivity index (χ3n) is 7.55. The molecule has 0 unspecified atom stereocenters. The monoisotopic (exact) mass is 438 g/mol. The average molecular weight is 439 g/mol. The molecule has 2 aliphatic carbocycles. The smallest absolute Gasteiger partial charge is 0.321 e. The molecule has 0 radical (unpaired) electrons. The lowest BCUT2D eigenvalue weighted by molar-refractivity contribution is -0.141. The lowest BCUT2D eigenvalue weighted by Crippen LogP contribution is -2.38. The highest BCUT2D eigenvalue weighted by Gasteiger charge is 2.43. The summed E-state index contributed by atoms with van der Waals surface area (Å²) in [6.45, 7) is 4.33. The summed E-state index contributed by atoms with van der Waals surface area (Å²) in [7, 11) is 0. The van der Waals surface area contributed by atoms with Gasteiger partial charge in [-0.2, -0.15) is 0 Å². The number of carbonyl (C=O) groups is 1. The molecule has 1 aromatic carbocycles. The van der Waals surface area contributed by atoms with E-state index < -0.39 is 11.4 Å². The normalized spacial score (nSPS) is 30.4. The van der Waals surface area contributed by atoms with Crippen LogP contribution in [0.5, 0.6) is 0 Å². The molecule has 0 aromatic heterocycles.